The van der Waals surface area contributed by atoms with Crippen molar-refractivity contribution in [3.63, 3.8) is 0 Å². The third-order valence-electron chi connectivity index (χ3n) is 2.57. The van der Waals surface area contributed by atoms with Crippen LogP contribution < -0.4 is 5.32 Å². The highest BCUT2D eigenvalue weighted by atomic mass is 16.5. The first-order chi connectivity index (χ1) is 8.58. The topological polar surface area (TPSA) is 78.8 Å². The van der Waals surface area contributed by atoms with Gasteiger partial charge in [0.25, 0.3) is 5.91 Å². The molecule has 1 rings (SSSR count). The van der Waals surface area contributed by atoms with Gasteiger partial charge in [-0.3, -0.25) is 4.79 Å². The zero-order valence-corrected chi connectivity index (χ0v) is 10.6. The predicted molar refractivity (Wildman–Crippen MR) is 67.8 cm³/mol. The summed E-state index contributed by atoms with van der Waals surface area (Å²) in [6.45, 7) is 2.45. The van der Waals surface area contributed by atoms with Gasteiger partial charge < -0.3 is 20.3 Å². The first kappa shape index (κ1) is 14.3. The molecule has 0 bridgehead atoms. The molecule has 1 aromatic carbocycles. The molecule has 3 N–H and O–H groups in total. The van der Waals surface area contributed by atoms with E-state index in [-0.39, 0.29) is 29.0 Å². The molecule has 0 aliphatic carbocycles. The summed E-state index contributed by atoms with van der Waals surface area (Å²) in [5.41, 5.74) is 0.144. The van der Waals surface area contributed by atoms with Crippen LogP contribution in [0.4, 0.5) is 0 Å². The second-order valence-electron chi connectivity index (χ2n) is 4.12. The molecule has 0 aliphatic rings. The van der Waals surface area contributed by atoms with Crippen molar-refractivity contribution in [2.24, 2.45) is 0 Å². The molecule has 0 fully saturated rings. The predicted octanol–water partition coefficient (Wildman–Crippen LogP) is 1.64. The fourth-order valence-corrected chi connectivity index (χ4v) is 1.72. The normalized spacial score (nSPS) is 12.1. The van der Waals surface area contributed by atoms with Gasteiger partial charge in [0.15, 0.2) is 0 Å². The molecular formula is C13H19NO4. The van der Waals surface area contributed by atoms with E-state index < -0.39 is 0 Å². The first-order valence-corrected chi connectivity index (χ1v) is 5.90. The van der Waals surface area contributed by atoms with Crippen molar-refractivity contribution in [1.82, 2.24) is 5.32 Å². The van der Waals surface area contributed by atoms with Crippen molar-refractivity contribution < 1.29 is 19.7 Å². The highest BCUT2D eigenvalue weighted by Gasteiger charge is 2.16. The Morgan fingerprint density at radius 1 is 1.44 bits per heavy atom. The Bertz CT molecular complexity index is 400. The van der Waals surface area contributed by atoms with E-state index in [0.29, 0.717) is 6.61 Å². The minimum atomic E-state index is -0.372. The molecule has 0 spiro atoms. The Balaban J connectivity index is 2.73. The van der Waals surface area contributed by atoms with Gasteiger partial charge in [0.1, 0.15) is 11.5 Å². The number of nitrogens with one attached hydrogen (secondary N) is 1. The third-order valence-corrected chi connectivity index (χ3v) is 2.57. The monoisotopic (exact) mass is 253 g/mol. The number of ether oxygens (including phenoxy) is 1. The number of hydrogen-bond donors (Lipinski definition) is 3. The van der Waals surface area contributed by atoms with Crippen LogP contribution in [0.25, 0.3) is 0 Å². The molecule has 0 saturated heterocycles. The van der Waals surface area contributed by atoms with E-state index in [1.807, 2.05) is 6.92 Å². The number of benzene rings is 1. The van der Waals surface area contributed by atoms with Crippen LogP contribution in [-0.2, 0) is 4.74 Å². The molecular weight excluding hydrogens is 234 g/mol. The van der Waals surface area contributed by atoms with Crippen LogP contribution in [0.5, 0.6) is 11.5 Å². The number of hydrogen-bond acceptors (Lipinski definition) is 4. The Labute approximate surface area is 106 Å². The number of aromatic hydroxyl groups is 2. The van der Waals surface area contributed by atoms with Gasteiger partial charge >= 0.3 is 0 Å². The van der Waals surface area contributed by atoms with Gasteiger partial charge in [-0.15, -0.1) is 0 Å². The van der Waals surface area contributed by atoms with Gasteiger partial charge in [-0.2, -0.15) is 0 Å². The lowest BCUT2D eigenvalue weighted by Crippen LogP contribution is -2.37. The quantitative estimate of drug-likeness (QED) is 0.720. The highest BCUT2D eigenvalue weighted by molar-refractivity contribution is 5.97. The molecule has 5 nitrogen and oxygen atoms in total. The van der Waals surface area contributed by atoms with Crippen LogP contribution in [0, 0.1) is 0 Å². The van der Waals surface area contributed by atoms with Crippen molar-refractivity contribution in [1.29, 1.82) is 0 Å². The number of phenols is 2. The lowest BCUT2D eigenvalue weighted by Gasteiger charge is -2.17. The van der Waals surface area contributed by atoms with Gasteiger partial charge in [0, 0.05) is 13.2 Å². The highest BCUT2D eigenvalue weighted by Crippen LogP contribution is 2.22. The second-order valence-corrected chi connectivity index (χ2v) is 4.12. The van der Waals surface area contributed by atoms with Crippen LogP contribution >= 0.6 is 0 Å². The van der Waals surface area contributed by atoms with Crippen molar-refractivity contribution in [3.05, 3.63) is 23.8 Å². The number of phenolic OH excluding ortho intramolecular Hbond substituents is 2. The molecule has 0 radical (unpaired) electrons. The summed E-state index contributed by atoms with van der Waals surface area (Å²) in [5.74, 6) is -0.686. The second kappa shape index (κ2) is 6.86. The number of methoxy groups -OCH3 is 1. The van der Waals surface area contributed by atoms with Crippen molar-refractivity contribution >= 4 is 5.91 Å². The summed E-state index contributed by atoms with van der Waals surface area (Å²) < 4.78 is 5.03. The molecule has 1 atom stereocenters. The summed E-state index contributed by atoms with van der Waals surface area (Å²) in [4.78, 5) is 11.9. The maximum atomic E-state index is 11.9. The smallest absolute Gasteiger partial charge is 0.255 e. The number of amides is 1. The maximum absolute atomic E-state index is 11.9. The number of carbonyl (C=O) groups excluding carboxylic acids is 1. The molecule has 18 heavy (non-hydrogen) atoms. The summed E-state index contributed by atoms with van der Waals surface area (Å²) >= 11 is 0. The lowest BCUT2D eigenvalue weighted by molar-refractivity contribution is 0.0889. The fourth-order valence-electron chi connectivity index (χ4n) is 1.72. The molecule has 0 saturated carbocycles. The van der Waals surface area contributed by atoms with E-state index in [1.54, 1.807) is 7.11 Å². The van der Waals surface area contributed by atoms with E-state index in [2.05, 4.69) is 5.32 Å². The van der Waals surface area contributed by atoms with E-state index in [1.165, 1.54) is 12.1 Å². The molecule has 100 valence electrons. The van der Waals surface area contributed by atoms with E-state index in [0.717, 1.165) is 18.9 Å². The van der Waals surface area contributed by atoms with E-state index >= 15 is 0 Å². The van der Waals surface area contributed by atoms with Crippen molar-refractivity contribution in [2.45, 2.75) is 25.8 Å². The van der Waals surface area contributed by atoms with Crippen LogP contribution in [0.3, 0.4) is 0 Å². The molecule has 5 heteroatoms. The van der Waals surface area contributed by atoms with Crippen LogP contribution in [0.2, 0.25) is 0 Å². The average molecular weight is 253 g/mol. The summed E-state index contributed by atoms with van der Waals surface area (Å²) in [6.07, 6.45) is 1.73. The zero-order chi connectivity index (χ0) is 13.5. The van der Waals surface area contributed by atoms with Gasteiger partial charge in [-0.1, -0.05) is 13.3 Å². The molecule has 0 heterocycles. The van der Waals surface area contributed by atoms with Gasteiger partial charge in [0.2, 0.25) is 0 Å². The molecule has 1 aromatic rings. The summed E-state index contributed by atoms with van der Waals surface area (Å²) in [5, 5.41) is 21.5. The third kappa shape index (κ3) is 3.92. The standard InChI is InChI=1S/C13H19NO4/c1-3-4-9(8-18-2)14-13(17)11-6-5-10(15)7-12(11)16/h5-7,9,15-16H,3-4,8H2,1-2H3,(H,14,17). The fraction of sp³-hybridized carbons (Fsp3) is 0.462. The first-order valence-electron chi connectivity index (χ1n) is 5.90. The summed E-state index contributed by atoms with van der Waals surface area (Å²) in [7, 11) is 1.58. The van der Waals surface area contributed by atoms with E-state index in [4.69, 9.17) is 9.84 Å². The average Bonchev–Trinajstić information content (AvgIpc) is 2.29. The van der Waals surface area contributed by atoms with Crippen LogP contribution in [0.1, 0.15) is 30.1 Å². The molecule has 1 amide bonds. The minimum absolute atomic E-state index is 0.0777. The molecule has 0 aromatic heterocycles. The van der Waals surface area contributed by atoms with Crippen molar-refractivity contribution in [3.8, 4) is 11.5 Å². The Morgan fingerprint density at radius 2 is 2.17 bits per heavy atom. The van der Waals surface area contributed by atoms with Gasteiger partial charge in [-0.05, 0) is 18.6 Å². The van der Waals surface area contributed by atoms with Crippen LogP contribution in [-0.4, -0.2) is 35.9 Å². The molecule has 0 aliphatic heterocycles. The largest absolute Gasteiger partial charge is 0.508 e. The van der Waals surface area contributed by atoms with Gasteiger partial charge in [-0.25, -0.2) is 0 Å². The Kier molecular flexibility index (Phi) is 5.45. The minimum Gasteiger partial charge on any atom is -0.508 e. The number of carbonyl (C=O) groups is 1. The SMILES string of the molecule is CCCC(COC)NC(=O)c1ccc(O)cc1O. The lowest BCUT2D eigenvalue weighted by atomic mass is 10.1. The Morgan fingerprint density at radius 3 is 2.72 bits per heavy atom. The molecule has 1 unspecified atom stereocenters. The zero-order valence-electron chi connectivity index (χ0n) is 10.6. The maximum Gasteiger partial charge on any atom is 0.255 e. The number of rotatable bonds is 6. The van der Waals surface area contributed by atoms with Gasteiger partial charge in [0.05, 0.1) is 18.2 Å². The van der Waals surface area contributed by atoms with Crippen molar-refractivity contribution in [2.75, 3.05) is 13.7 Å². The van der Waals surface area contributed by atoms with Crippen LogP contribution in [0.15, 0.2) is 18.2 Å². The Hall–Kier alpha value is -1.75. The summed E-state index contributed by atoms with van der Waals surface area (Å²) in [6, 6.07) is 3.80. The van der Waals surface area contributed by atoms with E-state index in [9.17, 15) is 9.90 Å².